The lowest BCUT2D eigenvalue weighted by molar-refractivity contribution is -0.173. The average Bonchev–Trinajstić information content (AvgIpc) is 3.18. The van der Waals surface area contributed by atoms with Crippen LogP contribution in [0.4, 0.5) is 19.0 Å². The molecule has 0 fully saturated rings. The van der Waals surface area contributed by atoms with Gasteiger partial charge < -0.3 is 19.7 Å². The molecule has 3 rings (SSSR count). The summed E-state index contributed by atoms with van der Waals surface area (Å²) >= 11 is 0. The van der Waals surface area contributed by atoms with Crippen molar-refractivity contribution in [3.63, 3.8) is 0 Å². The van der Waals surface area contributed by atoms with Gasteiger partial charge in [0.15, 0.2) is 17.5 Å². The predicted molar refractivity (Wildman–Crippen MR) is 105 cm³/mol. The number of carbonyl (C=O) groups is 1. The summed E-state index contributed by atoms with van der Waals surface area (Å²) < 4.78 is 52.8. The Morgan fingerprint density at radius 1 is 1.35 bits per heavy atom. The van der Waals surface area contributed by atoms with E-state index in [0.717, 1.165) is 10.9 Å². The second kappa shape index (κ2) is 8.75. The maximum absolute atomic E-state index is 13.8. The Labute approximate surface area is 177 Å². The molecule has 1 N–H and O–H groups in total. The molecular weight excluding hydrogens is 415 g/mol. The third kappa shape index (κ3) is 4.38. The average molecular weight is 437 g/mol. The Hall–Kier alpha value is -3.42. The van der Waals surface area contributed by atoms with Gasteiger partial charge in [0.05, 0.1) is 38.9 Å². The quantitative estimate of drug-likeness (QED) is 0.743. The number of aromatic nitrogens is 2. The number of nitrogens with zero attached hydrogens (tertiary/aromatic N) is 4. The standard InChI is InChI=1S/C20H22F3N5O3/c1-27(8-4-7-24)19(29)13-11-25-28-17(20(21,22)23)10-14(26-18(13)28)12-5-6-15(30-2)16(9-12)31-3/h5-6,9,11,14,17,26H,4,8,10H2,1-3H3/t14-,17+/m1/s1. The van der Waals surface area contributed by atoms with Gasteiger partial charge in [-0.3, -0.25) is 4.79 Å². The molecule has 1 aromatic carbocycles. The van der Waals surface area contributed by atoms with E-state index < -0.39 is 24.2 Å². The van der Waals surface area contributed by atoms with Gasteiger partial charge >= 0.3 is 6.18 Å². The first kappa shape index (κ1) is 22.3. The molecule has 0 spiro atoms. The number of alkyl halides is 3. The van der Waals surface area contributed by atoms with Crippen LogP contribution in [0.3, 0.4) is 0 Å². The van der Waals surface area contributed by atoms with Crippen molar-refractivity contribution in [2.75, 3.05) is 33.1 Å². The molecule has 2 aromatic rings. The highest BCUT2D eigenvalue weighted by Gasteiger charge is 2.47. The van der Waals surface area contributed by atoms with Gasteiger partial charge in [-0.1, -0.05) is 6.07 Å². The summed E-state index contributed by atoms with van der Waals surface area (Å²) in [5, 5.41) is 15.6. The van der Waals surface area contributed by atoms with Crippen molar-refractivity contribution >= 4 is 11.7 Å². The van der Waals surface area contributed by atoms with E-state index in [0.29, 0.717) is 17.1 Å². The molecular formula is C20H22F3N5O3. The van der Waals surface area contributed by atoms with E-state index in [-0.39, 0.29) is 30.8 Å². The summed E-state index contributed by atoms with van der Waals surface area (Å²) in [5.74, 6) is 0.312. The second-order valence-corrected chi connectivity index (χ2v) is 7.09. The summed E-state index contributed by atoms with van der Waals surface area (Å²) in [5.41, 5.74) is 0.565. The third-order valence-electron chi connectivity index (χ3n) is 5.18. The van der Waals surface area contributed by atoms with Gasteiger partial charge in [-0.2, -0.15) is 23.5 Å². The van der Waals surface area contributed by atoms with Crippen LogP contribution < -0.4 is 14.8 Å². The van der Waals surface area contributed by atoms with Gasteiger partial charge in [-0.05, 0) is 17.7 Å². The minimum atomic E-state index is -4.56. The summed E-state index contributed by atoms with van der Waals surface area (Å²) in [4.78, 5) is 14.1. The first-order chi connectivity index (χ1) is 14.7. The van der Waals surface area contributed by atoms with Crippen molar-refractivity contribution < 1.29 is 27.4 Å². The molecule has 2 atom stereocenters. The molecule has 166 valence electrons. The Balaban J connectivity index is 2.01. The number of rotatable bonds is 6. The normalized spacial score (nSPS) is 17.8. The molecule has 1 amide bonds. The van der Waals surface area contributed by atoms with E-state index in [2.05, 4.69) is 10.4 Å². The van der Waals surface area contributed by atoms with Crippen LogP contribution in [-0.4, -0.2) is 54.6 Å². The first-order valence-corrected chi connectivity index (χ1v) is 9.46. The maximum atomic E-state index is 13.8. The molecule has 1 aromatic heterocycles. The first-order valence-electron chi connectivity index (χ1n) is 9.46. The van der Waals surface area contributed by atoms with E-state index in [1.54, 1.807) is 18.2 Å². The van der Waals surface area contributed by atoms with Crippen LogP contribution in [0.5, 0.6) is 11.5 Å². The smallest absolute Gasteiger partial charge is 0.410 e. The summed E-state index contributed by atoms with van der Waals surface area (Å²) in [6.07, 6.45) is -3.64. The Bertz CT molecular complexity index is 999. The van der Waals surface area contributed by atoms with Gasteiger partial charge in [0, 0.05) is 20.0 Å². The molecule has 8 nitrogen and oxygen atoms in total. The van der Waals surface area contributed by atoms with Crippen LogP contribution >= 0.6 is 0 Å². The summed E-state index contributed by atoms with van der Waals surface area (Å²) in [6.45, 7) is 0.155. The Kier molecular flexibility index (Phi) is 6.29. The Morgan fingerprint density at radius 2 is 2.06 bits per heavy atom. The molecule has 31 heavy (non-hydrogen) atoms. The number of nitriles is 1. The number of benzene rings is 1. The molecule has 11 heteroatoms. The van der Waals surface area contributed by atoms with Crippen LogP contribution in [0.2, 0.25) is 0 Å². The fourth-order valence-electron chi connectivity index (χ4n) is 3.53. The number of anilines is 1. The predicted octanol–water partition coefficient (Wildman–Crippen LogP) is 3.55. The molecule has 0 saturated carbocycles. The van der Waals surface area contributed by atoms with Crippen molar-refractivity contribution in [1.29, 1.82) is 5.26 Å². The lowest BCUT2D eigenvalue weighted by Gasteiger charge is -2.34. The van der Waals surface area contributed by atoms with Crippen LogP contribution in [-0.2, 0) is 0 Å². The zero-order valence-electron chi connectivity index (χ0n) is 17.2. The van der Waals surface area contributed by atoms with E-state index in [4.69, 9.17) is 14.7 Å². The van der Waals surface area contributed by atoms with E-state index in [1.807, 2.05) is 6.07 Å². The van der Waals surface area contributed by atoms with Crippen molar-refractivity contribution in [3.05, 3.63) is 35.5 Å². The van der Waals surface area contributed by atoms with Crippen molar-refractivity contribution in [2.24, 2.45) is 0 Å². The monoisotopic (exact) mass is 437 g/mol. The highest BCUT2D eigenvalue weighted by molar-refractivity contribution is 5.98. The van der Waals surface area contributed by atoms with Crippen molar-refractivity contribution in [3.8, 4) is 17.6 Å². The Morgan fingerprint density at radius 3 is 2.68 bits per heavy atom. The lowest BCUT2D eigenvalue weighted by atomic mass is 9.96. The summed E-state index contributed by atoms with van der Waals surface area (Å²) in [6, 6.07) is 4.16. The van der Waals surface area contributed by atoms with Crippen LogP contribution in [0.15, 0.2) is 24.4 Å². The van der Waals surface area contributed by atoms with E-state index >= 15 is 0 Å². The van der Waals surface area contributed by atoms with Crippen LogP contribution in [0.25, 0.3) is 0 Å². The van der Waals surface area contributed by atoms with Gasteiger partial charge in [-0.15, -0.1) is 0 Å². The number of carbonyl (C=O) groups excluding carboxylic acids is 1. The number of methoxy groups -OCH3 is 2. The maximum Gasteiger partial charge on any atom is 0.410 e. The van der Waals surface area contributed by atoms with Gasteiger partial charge in [0.25, 0.3) is 5.91 Å². The van der Waals surface area contributed by atoms with Gasteiger partial charge in [0.2, 0.25) is 0 Å². The second-order valence-electron chi connectivity index (χ2n) is 7.09. The molecule has 0 unspecified atom stereocenters. The van der Waals surface area contributed by atoms with E-state index in [9.17, 15) is 18.0 Å². The highest BCUT2D eigenvalue weighted by Crippen LogP contribution is 2.45. The molecule has 0 radical (unpaired) electrons. The van der Waals surface area contributed by atoms with Crippen molar-refractivity contribution in [2.45, 2.75) is 31.1 Å². The number of hydrogen-bond acceptors (Lipinski definition) is 6. The number of hydrogen-bond donors (Lipinski definition) is 1. The highest BCUT2D eigenvalue weighted by atomic mass is 19.4. The molecule has 0 aliphatic carbocycles. The largest absolute Gasteiger partial charge is 0.493 e. The van der Waals surface area contributed by atoms with Gasteiger partial charge in [0.1, 0.15) is 11.4 Å². The topological polar surface area (TPSA) is 92.4 Å². The van der Waals surface area contributed by atoms with Crippen LogP contribution in [0.1, 0.15) is 40.8 Å². The molecule has 2 heterocycles. The molecule has 1 aliphatic heterocycles. The number of fused-ring (bicyclic) bond motifs is 1. The number of halogens is 3. The third-order valence-corrected chi connectivity index (χ3v) is 5.18. The fraction of sp³-hybridized carbons (Fsp3) is 0.450. The van der Waals surface area contributed by atoms with Gasteiger partial charge in [-0.25, -0.2) is 4.68 Å². The molecule has 0 bridgehead atoms. The number of nitrogens with one attached hydrogen (secondary N) is 1. The SMILES string of the molecule is COc1ccc([C@H]2C[C@@H](C(F)(F)F)n3ncc(C(=O)N(C)CCC#N)c3N2)cc1OC. The number of amides is 1. The van der Waals surface area contributed by atoms with Crippen molar-refractivity contribution in [1.82, 2.24) is 14.7 Å². The summed E-state index contributed by atoms with van der Waals surface area (Å²) in [7, 11) is 4.40. The number of ether oxygens (including phenoxy) is 2. The minimum absolute atomic E-state index is 0.0119. The molecule has 0 saturated heterocycles. The minimum Gasteiger partial charge on any atom is -0.493 e. The zero-order chi connectivity index (χ0) is 22.8. The van der Waals surface area contributed by atoms with E-state index in [1.165, 1.54) is 26.2 Å². The lowest BCUT2D eigenvalue weighted by Crippen LogP contribution is -2.36. The zero-order valence-corrected chi connectivity index (χ0v) is 17.2. The van der Waals surface area contributed by atoms with Crippen LogP contribution in [0, 0.1) is 11.3 Å². The fourth-order valence-corrected chi connectivity index (χ4v) is 3.53. The molecule has 1 aliphatic rings.